The molecule has 5 rings (SSSR count). The number of benzene rings is 1. The van der Waals surface area contributed by atoms with Crippen LogP contribution in [0.1, 0.15) is 59.1 Å². The summed E-state index contributed by atoms with van der Waals surface area (Å²) in [5.74, 6) is 0.169. The van der Waals surface area contributed by atoms with Crippen LogP contribution < -0.4 is 5.73 Å². The first kappa shape index (κ1) is 23.5. The molecule has 1 fully saturated rings. The number of fused-ring (bicyclic) bond motifs is 3. The van der Waals surface area contributed by atoms with Crippen LogP contribution in [-0.2, 0) is 28.8 Å². The maximum Gasteiger partial charge on any atom is 0.417 e. The molecule has 3 heterocycles. The van der Waals surface area contributed by atoms with Gasteiger partial charge < -0.3 is 20.1 Å². The fourth-order valence-corrected chi connectivity index (χ4v) is 4.65. The summed E-state index contributed by atoms with van der Waals surface area (Å²) in [5.41, 5.74) is 8.55. The quantitative estimate of drug-likeness (QED) is 0.546. The summed E-state index contributed by atoms with van der Waals surface area (Å²) < 4.78 is 50.2. The molecule has 3 atom stereocenters. The highest BCUT2D eigenvalue weighted by atomic mass is 19.4. The number of anilines is 1. The third kappa shape index (κ3) is 4.43. The zero-order valence-corrected chi connectivity index (χ0v) is 19.3. The van der Waals surface area contributed by atoms with Crippen LogP contribution in [0.2, 0.25) is 0 Å². The number of nitrogen functional groups attached to an aromatic ring is 1. The molecular weight excluding hydrogens is 461 g/mol. The van der Waals surface area contributed by atoms with Crippen molar-refractivity contribution in [2.24, 2.45) is 0 Å². The maximum atomic E-state index is 13.7. The summed E-state index contributed by atoms with van der Waals surface area (Å²) in [5, 5.41) is 0.800. The lowest BCUT2D eigenvalue weighted by Crippen LogP contribution is -2.35. The van der Waals surface area contributed by atoms with Gasteiger partial charge in [-0.25, -0.2) is 4.98 Å². The largest absolute Gasteiger partial charge is 0.417 e. The third-order valence-corrected chi connectivity index (χ3v) is 6.52. The van der Waals surface area contributed by atoms with Gasteiger partial charge in [0.25, 0.3) is 5.91 Å². The molecule has 2 aliphatic rings. The molecule has 0 spiro atoms. The molecule has 1 aromatic carbocycles. The van der Waals surface area contributed by atoms with Crippen molar-refractivity contribution in [2.75, 3.05) is 12.3 Å². The van der Waals surface area contributed by atoms with Crippen LogP contribution in [0.4, 0.5) is 19.0 Å². The van der Waals surface area contributed by atoms with E-state index in [1.54, 1.807) is 23.1 Å². The van der Waals surface area contributed by atoms with Gasteiger partial charge in [-0.2, -0.15) is 13.2 Å². The van der Waals surface area contributed by atoms with E-state index in [-0.39, 0.29) is 30.7 Å². The van der Waals surface area contributed by atoms with Crippen LogP contribution >= 0.6 is 0 Å². The predicted molar refractivity (Wildman–Crippen MR) is 122 cm³/mol. The molecule has 1 aliphatic carbocycles. The van der Waals surface area contributed by atoms with E-state index in [1.165, 1.54) is 6.07 Å². The Morgan fingerprint density at radius 2 is 2.09 bits per heavy atom. The van der Waals surface area contributed by atoms with E-state index in [0.29, 0.717) is 42.2 Å². The molecule has 2 aromatic heterocycles. The Balaban J connectivity index is 1.47. The molecule has 1 amide bonds. The summed E-state index contributed by atoms with van der Waals surface area (Å²) in [7, 11) is 0. The molecule has 35 heavy (non-hydrogen) atoms. The van der Waals surface area contributed by atoms with Crippen molar-refractivity contribution >= 4 is 22.6 Å². The van der Waals surface area contributed by atoms with Crippen LogP contribution in [0, 0.1) is 0 Å². The van der Waals surface area contributed by atoms with Gasteiger partial charge in [0.1, 0.15) is 5.82 Å². The lowest BCUT2D eigenvalue weighted by atomic mass is 10.00. The van der Waals surface area contributed by atoms with E-state index in [9.17, 15) is 18.0 Å². The van der Waals surface area contributed by atoms with E-state index >= 15 is 0 Å². The summed E-state index contributed by atoms with van der Waals surface area (Å²) in [6, 6.07) is 7.34. The smallest absolute Gasteiger partial charge is 0.383 e. The molecule has 0 saturated heterocycles. The van der Waals surface area contributed by atoms with Gasteiger partial charge >= 0.3 is 6.18 Å². The van der Waals surface area contributed by atoms with E-state index in [0.717, 1.165) is 28.8 Å². The SMILES string of the molecule is CCO[C@@H]1C[C@H]1N(Cc1ccc(C(F)(F)F)cn1)C(=O)c1ccc2nc(N)c3c(c2c1)CO[C@H]3C. The second kappa shape index (κ2) is 8.76. The highest BCUT2D eigenvalue weighted by molar-refractivity contribution is 5.99. The molecule has 1 aliphatic heterocycles. The van der Waals surface area contributed by atoms with Crippen molar-refractivity contribution in [3.05, 3.63) is 64.5 Å². The number of rotatable bonds is 6. The van der Waals surface area contributed by atoms with Crippen molar-refractivity contribution in [1.82, 2.24) is 14.9 Å². The van der Waals surface area contributed by atoms with Crippen LogP contribution in [-0.4, -0.2) is 39.5 Å². The van der Waals surface area contributed by atoms with Gasteiger partial charge in [-0.1, -0.05) is 0 Å². The second-order valence-electron chi connectivity index (χ2n) is 8.84. The van der Waals surface area contributed by atoms with Gasteiger partial charge in [0.15, 0.2) is 0 Å². The topological polar surface area (TPSA) is 90.6 Å². The fourth-order valence-electron chi connectivity index (χ4n) is 4.65. The second-order valence-corrected chi connectivity index (χ2v) is 8.84. The molecule has 184 valence electrons. The molecule has 0 unspecified atom stereocenters. The molecule has 1 saturated carbocycles. The average molecular weight is 486 g/mol. The zero-order valence-electron chi connectivity index (χ0n) is 19.3. The van der Waals surface area contributed by atoms with Crippen molar-refractivity contribution in [2.45, 2.75) is 57.8 Å². The van der Waals surface area contributed by atoms with Crippen molar-refractivity contribution in [3.63, 3.8) is 0 Å². The summed E-state index contributed by atoms with van der Waals surface area (Å²) in [4.78, 5) is 23.7. The molecule has 10 heteroatoms. The number of hydrogen-bond donors (Lipinski definition) is 1. The van der Waals surface area contributed by atoms with Crippen LogP contribution in [0.25, 0.3) is 10.9 Å². The third-order valence-electron chi connectivity index (χ3n) is 6.52. The first-order valence-corrected chi connectivity index (χ1v) is 11.5. The van der Waals surface area contributed by atoms with Gasteiger partial charge in [-0.15, -0.1) is 0 Å². The predicted octanol–water partition coefficient (Wildman–Crippen LogP) is 4.64. The molecule has 0 radical (unpaired) electrons. The first-order chi connectivity index (χ1) is 16.7. The molecular formula is C25H25F3N4O3. The zero-order chi connectivity index (χ0) is 24.9. The molecule has 2 N–H and O–H groups in total. The number of carbonyl (C=O) groups excluding carboxylic acids is 1. The first-order valence-electron chi connectivity index (χ1n) is 11.5. The minimum absolute atomic E-state index is 0.0709. The van der Waals surface area contributed by atoms with Crippen molar-refractivity contribution in [1.29, 1.82) is 0 Å². The highest BCUT2D eigenvalue weighted by Crippen LogP contribution is 2.39. The number of pyridine rings is 2. The van der Waals surface area contributed by atoms with Gasteiger partial charge in [-0.05, 0) is 56.2 Å². The standard InChI is InChI=1S/C25H25F3N4O3/c1-3-34-21-9-20(21)32(11-16-6-5-15(10-30-16)25(26,27)28)24(33)14-4-7-19-17(8-14)18-12-35-13(2)22(18)23(29)31-19/h4-8,10,13,20-21H,3,9,11-12H2,1-2H3,(H2,29,31)/t13-,20+,21+/m0/s1. The Bertz CT molecular complexity index is 1280. The summed E-state index contributed by atoms with van der Waals surface area (Å²) >= 11 is 0. The number of alkyl halides is 3. The Kier molecular flexibility index (Phi) is 5.88. The van der Waals surface area contributed by atoms with Crippen LogP contribution in [0.15, 0.2) is 36.5 Å². The minimum Gasteiger partial charge on any atom is -0.383 e. The van der Waals surface area contributed by atoms with Gasteiger partial charge in [0.05, 0.1) is 48.2 Å². The highest BCUT2D eigenvalue weighted by Gasteiger charge is 2.45. The Morgan fingerprint density at radius 1 is 1.29 bits per heavy atom. The van der Waals surface area contributed by atoms with E-state index in [2.05, 4.69) is 9.97 Å². The van der Waals surface area contributed by atoms with Crippen molar-refractivity contribution in [3.8, 4) is 0 Å². The number of amides is 1. The van der Waals surface area contributed by atoms with Gasteiger partial charge in [-0.3, -0.25) is 9.78 Å². The number of halogens is 3. The normalized spacial score (nSPS) is 21.2. The Morgan fingerprint density at radius 3 is 2.77 bits per heavy atom. The minimum atomic E-state index is -4.47. The average Bonchev–Trinajstić information content (AvgIpc) is 3.47. The lowest BCUT2D eigenvalue weighted by molar-refractivity contribution is -0.137. The van der Waals surface area contributed by atoms with Gasteiger partial charge in [0, 0.05) is 29.3 Å². The maximum absolute atomic E-state index is 13.7. The van der Waals surface area contributed by atoms with Crippen LogP contribution in [0.5, 0.6) is 0 Å². The van der Waals surface area contributed by atoms with Crippen molar-refractivity contribution < 1.29 is 27.4 Å². The molecule has 7 nitrogen and oxygen atoms in total. The van der Waals surface area contributed by atoms with Crippen LogP contribution in [0.3, 0.4) is 0 Å². The number of ether oxygens (including phenoxy) is 2. The van der Waals surface area contributed by atoms with E-state index in [4.69, 9.17) is 15.2 Å². The molecule has 3 aromatic rings. The Labute approximate surface area is 200 Å². The monoisotopic (exact) mass is 486 g/mol. The Hall–Kier alpha value is -3.24. The number of aromatic nitrogens is 2. The number of nitrogens with zero attached hydrogens (tertiary/aromatic N) is 3. The number of hydrogen-bond acceptors (Lipinski definition) is 6. The summed E-state index contributed by atoms with van der Waals surface area (Å²) in [6.07, 6.45) is -3.31. The number of carbonyl (C=O) groups is 1. The van der Waals surface area contributed by atoms with E-state index < -0.39 is 11.7 Å². The molecule has 0 bridgehead atoms. The summed E-state index contributed by atoms with van der Waals surface area (Å²) in [6.45, 7) is 4.75. The number of nitrogens with two attached hydrogens (primary N) is 1. The van der Waals surface area contributed by atoms with E-state index in [1.807, 2.05) is 13.8 Å². The van der Waals surface area contributed by atoms with Gasteiger partial charge in [0.2, 0.25) is 0 Å². The fraction of sp³-hybridized carbons (Fsp3) is 0.400. The lowest BCUT2D eigenvalue weighted by Gasteiger charge is -2.23.